The van der Waals surface area contributed by atoms with Crippen LogP contribution in [0.3, 0.4) is 0 Å². The van der Waals surface area contributed by atoms with E-state index in [1.807, 2.05) is 19.1 Å². The van der Waals surface area contributed by atoms with Crippen LogP contribution >= 0.6 is 0 Å². The van der Waals surface area contributed by atoms with Crippen molar-refractivity contribution < 1.29 is 19.2 Å². The fourth-order valence-corrected chi connectivity index (χ4v) is 3.23. The molecule has 1 unspecified atom stereocenters. The molecule has 116 valence electrons. The summed E-state index contributed by atoms with van der Waals surface area (Å²) in [6, 6.07) is 6.16. The lowest BCUT2D eigenvalue weighted by Gasteiger charge is -2.27. The predicted molar refractivity (Wildman–Crippen MR) is 80.9 cm³/mol. The molecular weight excluding hydrogens is 268 g/mol. The van der Waals surface area contributed by atoms with Gasteiger partial charge in [0.2, 0.25) is 0 Å². The number of carbonyl (C=O) groups excluding carboxylic acids is 1. The molecule has 0 bridgehead atoms. The molecule has 1 heterocycles. The number of nitrogens with one attached hydrogen (secondary N) is 2. The quantitative estimate of drug-likeness (QED) is 0.834. The van der Waals surface area contributed by atoms with Crippen LogP contribution < -0.4 is 19.7 Å². The van der Waals surface area contributed by atoms with Crippen molar-refractivity contribution in [2.45, 2.75) is 31.8 Å². The molecule has 1 fully saturated rings. The van der Waals surface area contributed by atoms with Gasteiger partial charge in [-0.25, -0.2) is 0 Å². The summed E-state index contributed by atoms with van der Waals surface area (Å²) in [5, 5.41) is 2.75. The van der Waals surface area contributed by atoms with Crippen LogP contribution in [0.15, 0.2) is 18.2 Å². The Bertz CT molecular complexity index is 504. The summed E-state index contributed by atoms with van der Waals surface area (Å²) in [6.07, 6.45) is 2.19. The third-order valence-electron chi connectivity index (χ3n) is 4.42. The van der Waals surface area contributed by atoms with Crippen molar-refractivity contribution in [3.63, 3.8) is 0 Å². The highest BCUT2D eigenvalue weighted by Crippen LogP contribution is 2.31. The van der Waals surface area contributed by atoms with Crippen molar-refractivity contribution >= 4 is 5.91 Å². The molecule has 1 aliphatic rings. The minimum atomic E-state index is -0.0608. The summed E-state index contributed by atoms with van der Waals surface area (Å²) in [6.45, 7) is 3.00. The Hall–Kier alpha value is -1.75. The highest BCUT2D eigenvalue weighted by atomic mass is 16.5. The maximum atomic E-state index is 11.9. The van der Waals surface area contributed by atoms with Crippen LogP contribution in [-0.4, -0.2) is 39.8 Å². The largest absolute Gasteiger partial charge is 0.497 e. The van der Waals surface area contributed by atoms with Crippen LogP contribution in [0, 0.1) is 0 Å². The van der Waals surface area contributed by atoms with Crippen LogP contribution in [0.2, 0.25) is 0 Å². The predicted octanol–water partition coefficient (Wildman–Crippen LogP) is 0.558. The molecule has 1 aromatic rings. The fourth-order valence-electron chi connectivity index (χ4n) is 3.23. The molecule has 3 atom stereocenters. The summed E-state index contributed by atoms with van der Waals surface area (Å²) >= 11 is 0. The van der Waals surface area contributed by atoms with E-state index in [2.05, 4.69) is 11.4 Å². The van der Waals surface area contributed by atoms with Crippen LogP contribution in [-0.2, 0) is 4.79 Å². The first-order valence-electron chi connectivity index (χ1n) is 7.41. The second-order valence-electron chi connectivity index (χ2n) is 5.46. The topological polar surface area (TPSA) is 52.0 Å². The second-order valence-corrected chi connectivity index (χ2v) is 5.46. The Morgan fingerprint density at radius 1 is 1.38 bits per heavy atom. The Kier molecular flexibility index (Phi) is 5.07. The monoisotopic (exact) mass is 293 g/mol. The van der Waals surface area contributed by atoms with E-state index in [9.17, 15) is 4.79 Å². The maximum Gasteiger partial charge on any atom is 0.277 e. The molecule has 0 aromatic heterocycles. The van der Waals surface area contributed by atoms with Gasteiger partial charge in [0, 0.05) is 26.0 Å². The molecule has 0 spiro atoms. The lowest BCUT2D eigenvalue weighted by Crippen LogP contribution is -3.15. The van der Waals surface area contributed by atoms with Gasteiger partial charge in [0.05, 0.1) is 26.3 Å². The zero-order valence-electron chi connectivity index (χ0n) is 13.2. The number of methoxy groups -OCH3 is 2. The van der Waals surface area contributed by atoms with Crippen molar-refractivity contribution in [2.24, 2.45) is 0 Å². The number of ether oxygens (including phenoxy) is 2. The Morgan fingerprint density at radius 2 is 2.14 bits per heavy atom. The number of hydrogen-bond donors (Lipinski definition) is 2. The van der Waals surface area contributed by atoms with Gasteiger partial charge in [0.1, 0.15) is 17.5 Å². The first kappa shape index (κ1) is 15.6. The number of carbonyl (C=O) groups is 1. The molecule has 5 nitrogen and oxygen atoms in total. The van der Waals surface area contributed by atoms with Crippen molar-refractivity contribution in [1.82, 2.24) is 5.32 Å². The minimum absolute atomic E-state index is 0.0608. The molecule has 2 rings (SSSR count). The van der Waals surface area contributed by atoms with Crippen molar-refractivity contribution in [1.29, 1.82) is 0 Å². The molecule has 1 aromatic carbocycles. The summed E-state index contributed by atoms with van der Waals surface area (Å²) < 4.78 is 10.8. The smallest absolute Gasteiger partial charge is 0.277 e. The van der Waals surface area contributed by atoms with Gasteiger partial charge in [0.25, 0.3) is 5.91 Å². The summed E-state index contributed by atoms with van der Waals surface area (Å²) in [5.41, 5.74) is 1.15. The number of benzene rings is 1. The fraction of sp³-hybridized carbons (Fsp3) is 0.562. The van der Waals surface area contributed by atoms with Crippen LogP contribution in [0.5, 0.6) is 11.5 Å². The average Bonchev–Trinajstić information content (AvgIpc) is 3.01. The summed E-state index contributed by atoms with van der Waals surface area (Å²) in [7, 11) is 5.02. The zero-order chi connectivity index (χ0) is 15.4. The van der Waals surface area contributed by atoms with Crippen molar-refractivity contribution in [2.75, 3.05) is 27.8 Å². The first-order valence-corrected chi connectivity index (χ1v) is 7.41. The number of rotatable bonds is 5. The van der Waals surface area contributed by atoms with Gasteiger partial charge in [-0.2, -0.15) is 0 Å². The van der Waals surface area contributed by atoms with Crippen molar-refractivity contribution in [3.05, 3.63) is 23.8 Å². The van der Waals surface area contributed by atoms with Gasteiger partial charge >= 0.3 is 0 Å². The zero-order valence-corrected chi connectivity index (χ0v) is 13.2. The van der Waals surface area contributed by atoms with Crippen molar-refractivity contribution in [3.8, 4) is 11.5 Å². The van der Waals surface area contributed by atoms with Gasteiger partial charge in [-0.3, -0.25) is 4.79 Å². The molecular formula is C16H25N2O3+. The molecule has 5 heteroatoms. The van der Waals surface area contributed by atoms with Gasteiger partial charge in [-0.15, -0.1) is 0 Å². The first-order chi connectivity index (χ1) is 10.1. The normalized spacial score (nSPS) is 22.7. The SMILES string of the molecule is CNC(=O)[C@H](C)[NH+]1CCC[C@@H]1c1ccc(OC)cc1OC. The molecule has 0 radical (unpaired) electrons. The van der Waals surface area contributed by atoms with Crippen LogP contribution in [0.25, 0.3) is 0 Å². The number of likely N-dealkylation sites (tertiary alicyclic amines) is 1. The third-order valence-corrected chi connectivity index (χ3v) is 4.42. The number of amides is 1. The van der Waals surface area contributed by atoms with Gasteiger partial charge in [-0.05, 0) is 19.1 Å². The Balaban J connectivity index is 2.29. The average molecular weight is 293 g/mol. The van der Waals surface area contributed by atoms with Gasteiger partial charge < -0.3 is 19.7 Å². The Morgan fingerprint density at radius 3 is 2.76 bits per heavy atom. The lowest BCUT2D eigenvalue weighted by atomic mass is 10.0. The highest BCUT2D eigenvalue weighted by molar-refractivity contribution is 5.79. The van der Waals surface area contributed by atoms with E-state index in [0.29, 0.717) is 0 Å². The molecule has 2 N–H and O–H groups in total. The second kappa shape index (κ2) is 6.80. The van der Waals surface area contributed by atoms with E-state index in [1.54, 1.807) is 21.3 Å². The standard InChI is InChI=1S/C16H24N2O3/c1-11(16(19)17-2)18-9-5-6-14(18)13-8-7-12(20-3)10-15(13)21-4/h7-8,10-11,14H,5-6,9H2,1-4H3,(H,17,19)/p+1/t11-,14+/m0/s1. The van der Waals surface area contributed by atoms with E-state index in [1.165, 1.54) is 4.90 Å². The van der Waals surface area contributed by atoms with Gasteiger partial charge in [-0.1, -0.05) is 0 Å². The van der Waals surface area contributed by atoms with E-state index >= 15 is 0 Å². The Labute approximate surface area is 126 Å². The van der Waals surface area contributed by atoms with E-state index in [0.717, 1.165) is 36.4 Å². The molecule has 1 aliphatic heterocycles. The summed E-state index contributed by atoms with van der Waals surface area (Å²) in [5.74, 6) is 1.71. The minimum Gasteiger partial charge on any atom is -0.497 e. The van der Waals surface area contributed by atoms with Gasteiger partial charge in [0.15, 0.2) is 6.04 Å². The highest BCUT2D eigenvalue weighted by Gasteiger charge is 2.38. The molecule has 1 saturated heterocycles. The summed E-state index contributed by atoms with van der Waals surface area (Å²) in [4.78, 5) is 13.3. The molecule has 1 amide bonds. The van der Waals surface area contributed by atoms with E-state index in [-0.39, 0.29) is 18.0 Å². The number of likely N-dealkylation sites (N-methyl/N-ethyl adjacent to an activating group) is 1. The van der Waals surface area contributed by atoms with Crippen LogP contribution in [0.1, 0.15) is 31.4 Å². The maximum absolute atomic E-state index is 11.9. The lowest BCUT2D eigenvalue weighted by molar-refractivity contribution is -0.932. The number of hydrogen-bond acceptors (Lipinski definition) is 3. The molecule has 21 heavy (non-hydrogen) atoms. The van der Waals surface area contributed by atoms with Crippen LogP contribution in [0.4, 0.5) is 0 Å². The molecule has 0 aliphatic carbocycles. The third kappa shape index (κ3) is 3.13. The van der Waals surface area contributed by atoms with E-state index < -0.39 is 0 Å². The molecule has 0 saturated carbocycles. The van der Waals surface area contributed by atoms with E-state index in [4.69, 9.17) is 9.47 Å². The number of quaternary nitrogens is 1.